The van der Waals surface area contributed by atoms with Gasteiger partial charge in [-0.25, -0.2) is 4.79 Å². The Morgan fingerprint density at radius 3 is 2.52 bits per heavy atom. The smallest absolute Gasteiger partial charge is 0.349 e. The molecule has 9 heteroatoms. The molecule has 0 radical (unpaired) electrons. The Kier molecular flexibility index (Phi) is 5.18. The summed E-state index contributed by atoms with van der Waals surface area (Å²) in [5.41, 5.74) is 4.22. The van der Waals surface area contributed by atoms with Gasteiger partial charge in [-0.3, -0.25) is 25.8 Å². The highest BCUT2D eigenvalue weighted by molar-refractivity contribution is 5.79. The predicted octanol–water partition coefficient (Wildman–Crippen LogP) is 1.40. The molecular weight excluding hydrogens is 330 g/mol. The molecule has 0 aliphatic heterocycles. The van der Waals surface area contributed by atoms with E-state index in [2.05, 4.69) is 17.4 Å². The van der Waals surface area contributed by atoms with Crippen LogP contribution in [-0.2, 0) is 11.2 Å². The van der Waals surface area contributed by atoms with Crippen LogP contribution in [0.15, 0.2) is 46.1 Å². The van der Waals surface area contributed by atoms with Crippen molar-refractivity contribution in [3.63, 3.8) is 0 Å². The van der Waals surface area contributed by atoms with Crippen LogP contribution in [0, 0.1) is 17.0 Å². The quantitative estimate of drug-likeness (QED) is 0.532. The lowest BCUT2D eigenvalue weighted by Crippen LogP contribution is -2.37. The number of nitro benzene ring substituents is 1. The fourth-order valence-electron chi connectivity index (χ4n) is 2.05. The highest BCUT2D eigenvalue weighted by Crippen LogP contribution is 2.19. The second-order valence-electron chi connectivity index (χ2n) is 5.16. The van der Waals surface area contributed by atoms with E-state index in [1.54, 1.807) is 0 Å². The first-order valence-electron chi connectivity index (χ1n) is 7.09. The Bertz CT molecular complexity index is 886. The molecule has 3 N–H and O–H groups in total. The van der Waals surface area contributed by atoms with E-state index in [0.717, 1.165) is 0 Å². The summed E-state index contributed by atoms with van der Waals surface area (Å²) in [4.78, 5) is 33.7. The van der Waals surface area contributed by atoms with Crippen molar-refractivity contribution in [1.29, 1.82) is 0 Å². The number of aryl methyl sites for hydroxylation is 1. The maximum Gasteiger partial charge on any atom is 0.349 e. The van der Waals surface area contributed by atoms with Crippen molar-refractivity contribution in [3.05, 3.63) is 74.3 Å². The van der Waals surface area contributed by atoms with Crippen LogP contribution < -0.4 is 16.5 Å². The van der Waals surface area contributed by atoms with Gasteiger partial charge in [-0.1, -0.05) is 18.7 Å². The van der Waals surface area contributed by atoms with E-state index in [4.69, 9.17) is 4.42 Å². The Morgan fingerprint density at radius 2 is 1.96 bits per heavy atom. The lowest BCUT2D eigenvalue weighted by atomic mass is 10.1. The standard InChI is InChI=1S/C16H15N3O6/c1-9-7-13(20)15(16(22)25-9)10(2)17-18-14(21)8-11-3-5-12(6-4-11)19(23)24/h3-7,17,20H,2,8H2,1H3,(H,18,21). The van der Waals surface area contributed by atoms with E-state index in [0.29, 0.717) is 5.56 Å². The van der Waals surface area contributed by atoms with Crippen LogP contribution in [0.2, 0.25) is 0 Å². The van der Waals surface area contributed by atoms with Crippen molar-refractivity contribution >= 4 is 17.3 Å². The number of nitro groups is 1. The first-order valence-corrected chi connectivity index (χ1v) is 7.09. The SMILES string of the molecule is C=C(NNC(=O)Cc1ccc([N+](=O)[O-])cc1)c1c(O)cc(C)oc1=O. The topological polar surface area (TPSA) is 135 Å². The molecule has 1 amide bonds. The van der Waals surface area contributed by atoms with Gasteiger partial charge >= 0.3 is 5.63 Å². The van der Waals surface area contributed by atoms with Crippen LogP contribution in [0.3, 0.4) is 0 Å². The second kappa shape index (κ2) is 7.30. The third-order valence-corrected chi connectivity index (χ3v) is 3.22. The third-order valence-electron chi connectivity index (χ3n) is 3.22. The van der Waals surface area contributed by atoms with Gasteiger partial charge in [0.25, 0.3) is 5.69 Å². The van der Waals surface area contributed by atoms with Crippen LogP contribution >= 0.6 is 0 Å². The van der Waals surface area contributed by atoms with Crippen LogP contribution in [0.1, 0.15) is 16.9 Å². The number of rotatable bonds is 6. The van der Waals surface area contributed by atoms with E-state index >= 15 is 0 Å². The number of hydrogen-bond donors (Lipinski definition) is 3. The number of nitrogens with one attached hydrogen (secondary N) is 2. The summed E-state index contributed by atoms with van der Waals surface area (Å²) in [6.45, 7) is 5.07. The Labute approximate surface area is 141 Å². The molecule has 0 bridgehead atoms. The maximum atomic E-state index is 11.9. The lowest BCUT2D eigenvalue weighted by Gasteiger charge is -2.11. The summed E-state index contributed by atoms with van der Waals surface area (Å²) in [5.74, 6) is -0.553. The highest BCUT2D eigenvalue weighted by Gasteiger charge is 2.14. The van der Waals surface area contributed by atoms with Crippen molar-refractivity contribution in [2.24, 2.45) is 0 Å². The normalized spacial score (nSPS) is 10.1. The Hall–Kier alpha value is -3.62. The fourth-order valence-corrected chi connectivity index (χ4v) is 2.05. The van der Waals surface area contributed by atoms with Gasteiger partial charge in [-0.05, 0) is 12.5 Å². The largest absolute Gasteiger partial charge is 0.507 e. The summed E-state index contributed by atoms with van der Waals surface area (Å²) in [7, 11) is 0. The van der Waals surface area contributed by atoms with Crippen molar-refractivity contribution in [2.45, 2.75) is 13.3 Å². The molecule has 0 fully saturated rings. The zero-order valence-corrected chi connectivity index (χ0v) is 13.2. The fraction of sp³-hybridized carbons (Fsp3) is 0.125. The van der Waals surface area contributed by atoms with Gasteiger partial charge in [-0.2, -0.15) is 0 Å². The molecule has 9 nitrogen and oxygen atoms in total. The maximum absolute atomic E-state index is 11.9. The van der Waals surface area contributed by atoms with E-state index < -0.39 is 16.5 Å². The van der Waals surface area contributed by atoms with Crippen LogP contribution in [0.25, 0.3) is 5.70 Å². The number of carbonyl (C=O) groups excluding carboxylic acids is 1. The molecule has 2 aromatic rings. The highest BCUT2D eigenvalue weighted by atomic mass is 16.6. The zero-order chi connectivity index (χ0) is 18.6. The molecule has 1 heterocycles. The summed E-state index contributed by atoms with van der Waals surface area (Å²) in [5, 5.41) is 20.4. The molecule has 1 aromatic heterocycles. The Morgan fingerprint density at radius 1 is 1.32 bits per heavy atom. The van der Waals surface area contributed by atoms with E-state index in [9.17, 15) is 24.8 Å². The number of benzene rings is 1. The number of nitrogens with zero attached hydrogens (tertiary/aromatic N) is 1. The molecule has 0 saturated carbocycles. The monoisotopic (exact) mass is 345 g/mol. The molecule has 0 unspecified atom stereocenters. The second-order valence-corrected chi connectivity index (χ2v) is 5.16. The predicted molar refractivity (Wildman–Crippen MR) is 88.5 cm³/mol. The van der Waals surface area contributed by atoms with Gasteiger partial charge in [0.15, 0.2) is 0 Å². The summed E-state index contributed by atoms with van der Waals surface area (Å²) in [6, 6.07) is 6.78. The van der Waals surface area contributed by atoms with E-state index in [1.165, 1.54) is 37.3 Å². The van der Waals surface area contributed by atoms with Crippen LogP contribution in [-0.4, -0.2) is 15.9 Å². The third kappa shape index (κ3) is 4.44. The number of hydrazine groups is 1. The van der Waals surface area contributed by atoms with Crippen molar-refractivity contribution in [1.82, 2.24) is 10.9 Å². The summed E-state index contributed by atoms with van der Waals surface area (Å²) in [6.07, 6.45) is -0.0488. The molecule has 25 heavy (non-hydrogen) atoms. The first kappa shape index (κ1) is 17.7. The molecule has 0 atom stereocenters. The summed E-state index contributed by atoms with van der Waals surface area (Å²) >= 11 is 0. The van der Waals surface area contributed by atoms with E-state index in [-0.39, 0.29) is 34.9 Å². The summed E-state index contributed by atoms with van der Waals surface area (Å²) < 4.78 is 4.86. The minimum Gasteiger partial charge on any atom is -0.507 e. The van der Waals surface area contributed by atoms with Crippen LogP contribution in [0.5, 0.6) is 5.75 Å². The minimum absolute atomic E-state index is 0.0386. The van der Waals surface area contributed by atoms with Gasteiger partial charge in [0.05, 0.1) is 17.0 Å². The van der Waals surface area contributed by atoms with Crippen molar-refractivity contribution in [3.8, 4) is 5.75 Å². The Balaban J connectivity index is 1.97. The zero-order valence-electron chi connectivity index (χ0n) is 13.2. The van der Waals surface area contributed by atoms with E-state index in [1.807, 2.05) is 0 Å². The van der Waals surface area contributed by atoms with Gasteiger partial charge in [0, 0.05) is 18.2 Å². The van der Waals surface area contributed by atoms with Crippen molar-refractivity contribution in [2.75, 3.05) is 0 Å². The molecule has 0 spiro atoms. The molecule has 0 saturated heterocycles. The van der Waals surface area contributed by atoms with Gasteiger partial charge in [-0.15, -0.1) is 0 Å². The number of hydrogen-bond acceptors (Lipinski definition) is 7. The number of amides is 1. The van der Waals surface area contributed by atoms with Gasteiger partial charge in [0.1, 0.15) is 17.1 Å². The minimum atomic E-state index is -0.792. The average molecular weight is 345 g/mol. The van der Waals surface area contributed by atoms with Gasteiger partial charge in [0.2, 0.25) is 5.91 Å². The molecular formula is C16H15N3O6. The van der Waals surface area contributed by atoms with Crippen LogP contribution in [0.4, 0.5) is 5.69 Å². The lowest BCUT2D eigenvalue weighted by molar-refractivity contribution is -0.384. The molecule has 1 aromatic carbocycles. The molecule has 0 aliphatic rings. The molecule has 130 valence electrons. The number of aromatic hydroxyl groups is 1. The first-order chi connectivity index (χ1) is 11.8. The number of carbonyl (C=O) groups is 1. The molecule has 2 rings (SSSR count). The van der Waals surface area contributed by atoms with Crippen molar-refractivity contribution < 1.29 is 19.2 Å². The van der Waals surface area contributed by atoms with Gasteiger partial charge < -0.3 is 9.52 Å². The average Bonchev–Trinajstić information content (AvgIpc) is 2.52. The number of non-ortho nitro benzene ring substituents is 1. The molecule has 0 aliphatic carbocycles.